The van der Waals surface area contributed by atoms with E-state index in [9.17, 15) is 14.8 Å². The van der Waals surface area contributed by atoms with E-state index in [2.05, 4.69) is 0 Å². The fourth-order valence-corrected chi connectivity index (χ4v) is 2.80. The zero-order valence-electron chi connectivity index (χ0n) is 12.6. The first-order valence-electron chi connectivity index (χ1n) is 7.33. The van der Waals surface area contributed by atoms with Crippen LogP contribution < -0.4 is 9.63 Å². The van der Waals surface area contributed by atoms with Crippen LogP contribution in [0.25, 0.3) is 0 Å². The highest BCUT2D eigenvalue weighted by atomic mass is 16.5. The Bertz CT molecular complexity index is 760. The van der Waals surface area contributed by atoms with Crippen molar-refractivity contribution in [1.29, 1.82) is 0 Å². The monoisotopic (exact) mass is 312 g/mol. The Labute approximate surface area is 133 Å². The van der Waals surface area contributed by atoms with Crippen LogP contribution in [0.5, 0.6) is 0 Å². The predicted molar refractivity (Wildman–Crippen MR) is 82.8 cm³/mol. The summed E-state index contributed by atoms with van der Waals surface area (Å²) in [6.45, 7) is 1.55. The number of amides is 1. The lowest BCUT2D eigenvalue weighted by Crippen LogP contribution is -2.40. The van der Waals surface area contributed by atoms with E-state index in [1.54, 1.807) is 11.0 Å². The van der Waals surface area contributed by atoms with Crippen molar-refractivity contribution >= 4 is 17.6 Å². The van der Waals surface area contributed by atoms with E-state index in [1.807, 2.05) is 31.2 Å². The van der Waals surface area contributed by atoms with Gasteiger partial charge in [0.25, 0.3) is 5.91 Å². The largest absolute Gasteiger partial charge is 0.618 e. The number of hydrogen-bond acceptors (Lipinski definition) is 4. The van der Waals surface area contributed by atoms with Crippen LogP contribution in [0.4, 0.5) is 5.69 Å². The fourth-order valence-electron chi connectivity index (χ4n) is 2.80. The number of hydrogen-bond donors (Lipinski definition) is 0. The smallest absolute Gasteiger partial charge is 0.405 e. The molecule has 0 radical (unpaired) electrons. The average molecular weight is 312 g/mol. The van der Waals surface area contributed by atoms with Gasteiger partial charge in [0.05, 0.1) is 0 Å². The van der Waals surface area contributed by atoms with Crippen molar-refractivity contribution in [1.82, 2.24) is 0 Å². The van der Waals surface area contributed by atoms with Crippen LogP contribution in [0.2, 0.25) is 0 Å². The molecular formula is C17H16N2O4. The van der Waals surface area contributed by atoms with Crippen molar-refractivity contribution in [3.8, 4) is 0 Å². The zero-order chi connectivity index (χ0) is 16.4. The molecule has 0 bridgehead atoms. The fraction of sp³-hybridized carbons (Fsp3) is 0.235. The molecule has 3 rings (SSSR count). The third kappa shape index (κ3) is 2.88. The first kappa shape index (κ1) is 15.0. The number of fused-ring (bicyclic) bond motifs is 1. The molecule has 0 N–H and O–H groups in total. The summed E-state index contributed by atoms with van der Waals surface area (Å²) in [7, 11) is 0. The molecule has 2 heterocycles. The summed E-state index contributed by atoms with van der Waals surface area (Å²) in [6.07, 6.45) is 1.98. The lowest BCUT2D eigenvalue weighted by atomic mass is 10.1. The molecule has 1 aromatic carbocycles. The SMILES string of the molecule is C[C@@H]1Cc2ccccc2N1C(=O)COC(=O)c1cccc[n+]1[O-]. The number of para-hydroxylation sites is 1. The van der Waals surface area contributed by atoms with Gasteiger partial charge >= 0.3 is 11.7 Å². The van der Waals surface area contributed by atoms with E-state index in [4.69, 9.17) is 4.74 Å². The van der Waals surface area contributed by atoms with Crippen molar-refractivity contribution in [2.45, 2.75) is 19.4 Å². The second kappa shape index (κ2) is 6.08. The Morgan fingerprint density at radius 1 is 1.26 bits per heavy atom. The van der Waals surface area contributed by atoms with Crippen LogP contribution in [-0.4, -0.2) is 24.5 Å². The highest BCUT2D eigenvalue weighted by Gasteiger charge is 2.31. The average Bonchev–Trinajstić information content (AvgIpc) is 2.88. The molecule has 1 aliphatic rings. The third-order valence-electron chi connectivity index (χ3n) is 3.84. The normalized spacial score (nSPS) is 16.0. The first-order valence-corrected chi connectivity index (χ1v) is 7.33. The van der Waals surface area contributed by atoms with E-state index >= 15 is 0 Å². The number of carbonyl (C=O) groups excluding carboxylic acids is 2. The lowest BCUT2D eigenvalue weighted by Gasteiger charge is -2.22. The van der Waals surface area contributed by atoms with Gasteiger partial charge in [0.15, 0.2) is 12.8 Å². The molecule has 23 heavy (non-hydrogen) atoms. The maximum absolute atomic E-state index is 12.4. The van der Waals surface area contributed by atoms with E-state index in [1.165, 1.54) is 18.3 Å². The molecule has 0 saturated carbocycles. The minimum absolute atomic E-state index is 0.0137. The predicted octanol–water partition coefficient (Wildman–Crippen LogP) is 1.45. The Morgan fingerprint density at radius 2 is 2.00 bits per heavy atom. The maximum atomic E-state index is 12.4. The van der Waals surface area contributed by atoms with Crippen molar-refractivity contribution < 1.29 is 19.1 Å². The summed E-state index contributed by atoms with van der Waals surface area (Å²) < 4.78 is 5.41. The van der Waals surface area contributed by atoms with Crippen LogP contribution in [0, 0.1) is 5.21 Å². The number of rotatable bonds is 3. The second-order valence-electron chi connectivity index (χ2n) is 5.43. The summed E-state index contributed by atoms with van der Waals surface area (Å²) in [5.74, 6) is -1.11. The Morgan fingerprint density at radius 3 is 2.78 bits per heavy atom. The summed E-state index contributed by atoms with van der Waals surface area (Å²) in [6, 6.07) is 12.1. The molecule has 118 valence electrons. The van der Waals surface area contributed by atoms with Gasteiger partial charge in [0.2, 0.25) is 0 Å². The first-order chi connectivity index (χ1) is 11.1. The molecule has 1 amide bonds. The van der Waals surface area contributed by atoms with Gasteiger partial charge < -0.3 is 14.8 Å². The molecule has 1 aliphatic heterocycles. The molecule has 2 aromatic rings. The molecule has 0 aliphatic carbocycles. The van der Waals surface area contributed by atoms with Crippen LogP contribution >= 0.6 is 0 Å². The number of nitrogens with zero attached hydrogens (tertiary/aromatic N) is 2. The molecule has 0 saturated heterocycles. The van der Waals surface area contributed by atoms with E-state index in [-0.39, 0.29) is 17.6 Å². The van der Waals surface area contributed by atoms with E-state index in [0.717, 1.165) is 17.7 Å². The van der Waals surface area contributed by atoms with Gasteiger partial charge in [0, 0.05) is 23.9 Å². The van der Waals surface area contributed by atoms with E-state index < -0.39 is 12.6 Å². The number of ether oxygens (including phenoxy) is 1. The Hall–Kier alpha value is -2.89. The molecule has 6 heteroatoms. The van der Waals surface area contributed by atoms with Crippen LogP contribution in [0.15, 0.2) is 48.7 Å². The molecule has 6 nitrogen and oxygen atoms in total. The Balaban J connectivity index is 1.69. The number of anilines is 1. The van der Waals surface area contributed by atoms with Gasteiger partial charge in [0.1, 0.15) is 0 Å². The van der Waals surface area contributed by atoms with Crippen LogP contribution in [0.3, 0.4) is 0 Å². The van der Waals surface area contributed by atoms with Crippen LogP contribution in [-0.2, 0) is 16.0 Å². The maximum Gasteiger partial charge on any atom is 0.405 e. The number of carbonyl (C=O) groups is 2. The summed E-state index contributed by atoms with van der Waals surface area (Å²) in [5.41, 5.74) is 1.80. The zero-order valence-corrected chi connectivity index (χ0v) is 12.6. The quantitative estimate of drug-likeness (QED) is 0.488. The number of benzene rings is 1. The molecular weight excluding hydrogens is 296 g/mol. The molecule has 0 spiro atoms. The molecule has 1 aromatic heterocycles. The minimum Gasteiger partial charge on any atom is -0.618 e. The Kier molecular flexibility index (Phi) is 3.97. The number of esters is 1. The van der Waals surface area contributed by atoms with Crippen LogP contribution in [0.1, 0.15) is 23.0 Å². The van der Waals surface area contributed by atoms with Gasteiger partial charge in [-0.15, -0.1) is 0 Å². The van der Waals surface area contributed by atoms with Gasteiger partial charge in [-0.3, -0.25) is 4.79 Å². The van der Waals surface area contributed by atoms with Crippen molar-refractivity contribution in [3.63, 3.8) is 0 Å². The van der Waals surface area contributed by atoms with E-state index in [0.29, 0.717) is 4.73 Å². The molecule has 0 unspecified atom stereocenters. The summed E-state index contributed by atoms with van der Waals surface area (Å²) in [5, 5.41) is 11.5. The number of aromatic nitrogens is 1. The van der Waals surface area contributed by atoms with Crippen molar-refractivity contribution in [2.24, 2.45) is 0 Å². The van der Waals surface area contributed by atoms with Gasteiger partial charge in [-0.25, -0.2) is 4.79 Å². The number of pyridine rings is 1. The second-order valence-corrected chi connectivity index (χ2v) is 5.43. The third-order valence-corrected chi connectivity index (χ3v) is 3.84. The molecule has 1 atom stereocenters. The standard InChI is InChI=1S/C17H16N2O4/c1-12-10-13-6-2-3-7-14(13)19(12)16(20)11-23-17(21)15-8-4-5-9-18(15)22/h2-9,12H,10-11H2,1H3/t12-/m1/s1. The van der Waals surface area contributed by atoms with Gasteiger partial charge in [-0.2, -0.15) is 4.73 Å². The summed E-state index contributed by atoms with van der Waals surface area (Å²) in [4.78, 5) is 25.9. The summed E-state index contributed by atoms with van der Waals surface area (Å²) >= 11 is 0. The van der Waals surface area contributed by atoms with Gasteiger partial charge in [-0.1, -0.05) is 18.2 Å². The van der Waals surface area contributed by atoms with Crippen molar-refractivity contribution in [3.05, 3.63) is 65.1 Å². The van der Waals surface area contributed by atoms with Crippen molar-refractivity contribution in [2.75, 3.05) is 11.5 Å². The minimum atomic E-state index is -0.811. The topological polar surface area (TPSA) is 73.5 Å². The van der Waals surface area contributed by atoms with Gasteiger partial charge in [-0.05, 0) is 31.0 Å². The molecule has 0 fully saturated rings. The highest BCUT2D eigenvalue weighted by Crippen LogP contribution is 2.31. The highest BCUT2D eigenvalue weighted by molar-refractivity contribution is 5.98. The lowest BCUT2D eigenvalue weighted by molar-refractivity contribution is -0.608.